The molecular formula is C15H17N2O+. The predicted octanol–water partition coefficient (Wildman–Crippen LogP) is 2.42. The summed E-state index contributed by atoms with van der Waals surface area (Å²) in [5, 5.41) is 0. The quantitative estimate of drug-likeness (QED) is 0.549. The van der Waals surface area contributed by atoms with Crippen LogP contribution in [0.5, 0.6) is 0 Å². The lowest BCUT2D eigenvalue weighted by Gasteiger charge is -2.09. The number of carbonyl (C=O) groups is 1. The van der Waals surface area contributed by atoms with Crippen molar-refractivity contribution >= 4 is 17.3 Å². The molecule has 3 heteroatoms. The topological polar surface area (TPSA) is 32.4 Å². The van der Waals surface area contributed by atoms with Crippen LogP contribution in [0.1, 0.15) is 19.3 Å². The van der Waals surface area contributed by atoms with E-state index in [0.29, 0.717) is 12.1 Å². The van der Waals surface area contributed by atoms with E-state index in [1.54, 1.807) is 16.7 Å². The lowest BCUT2D eigenvalue weighted by molar-refractivity contribution is -0.433. The van der Waals surface area contributed by atoms with E-state index in [2.05, 4.69) is 24.7 Å². The normalized spacial score (nSPS) is 19.2. The number of hydrogen-bond donors (Lipinski definition) is 0. The van der Waals surface area contributed by atoms with Gasteiger partial charge in [0.15, 0.2) is 12.3 Å². The smallest absolute Gasteiger partial charge is 0.236 e. The van der Waals surface area contributed by atoms with E-state index in [1.807, 2.05) is 6.08 Å². The zero-order chi connectivity index (χ0) is 13.1. The van der Waals surface area contributed by atoms with E-state index in [0.717, 1.165) is 36.4 Å². The fourth-order valence-corrected chi connectivity index (χ4v) is 2.22. The molecule has 0 saturated carbocycles. The number of allylic oxidation sites excluding steroid dienone is 5. The van der Waals surface area contributed by atoms with Gasteiger partial charge in [0.25, 0.3) is 0 Å². The summed E-state index contributed by atoms with van der Waals surface area (Å²) in [7, 11) is 0. The van der Waals surface area contributed by atoms with Crippen LogP contribution in [-0.4, -0.2) is 28.5 Å². The Labute approximate surface area is 107 Å². The van der Waals surface area contributed by atoms with Crippen molar-refractivity contribution < 1.29 is 9.37 Å². The Hall–Kier alpha value is -2.03. The molecule has 0 aromatic heterocycles. The maximum atomic E-state index is 12.2. The predicted molar refractivity (Wildman–Crippen MR) is 74.0 cm³/mol. The number of aliphatic imine (C=N–C) groups is 1. The van der Waals surface area contributed by atoms with Crippen LogP contribution in [0, 0.1) is 0 Å². The van der Waals surface area contributed by atoms with Gasteiger partial charge < -0.3 is 0 Å². The zero-order valence-corrected chi connectivity index (χ0v) is 10.5. The number of amides is 1. The number of nitrogens with zero attached hydrogens (tertiary/aromatic N) is 2. The van der Waals surface area contributed by atoms with E-state index in [-0.39, 0.29) is 5.91 Å². The molecule has 0 spiro atoms. The Morgan fingerprint density at radius 3 is 3.00 bits per heavy atom. The van der Waals surface area contributed by atoms with Crippen LogP contribution in [0.3, 0.4) is 0 Å². The molecule has 2 rings (SSSR count). The molecule has 0 atom stereocenters. The van der Waals surface area contributed by atoms with Crippen LogP contribution in [0.2, 0.25) is 0 Å². The summed E-state index contributed by atoms with van der Waals surface area (Å²) in [5.41, 5.74) is 3.08. The van der Waals surface area contributed by atoms with Crippen LogP contribution >= 0.6 is 0 Å². The molecule has 0 radical (unpaired) electrons. The Balaban J connectivity index is 2.16. The van der Waals surface area contributed by atoms with Crippen molar-refractivity contribution in [2.75, 3.05) is 6.54 Å². The SMILES string of the molecule is C=C/C=C\C(=C)CC1=NC(=C)C2=[N+](CCC2)C1=O. The fraction of sp³-hybridized carbons (Fsp3) is 0.267. The van der Waals surface area contributed by atoms with E-state index in [9.17, 15) is 4.79 Å². The van der Waals surface area contributed by atoms with Gasteiger partial charge in [-0.1, -0.05) is 38.0 Å². The van der Waals surface area contributed by atoms with Crippen molar-refractivity contribution in [2.24, 2.45) is 4.99 Å². The van der Waals surface area contributed by atoms with E-state index in [1.165, 1.54) is 0 Å². The monoisotopic (exact) mass is 241 g/mol. The van der Waals surface area contributed by atoms with Crippen molar-refractivity contribution in [1.29, 1.82) is 0 Å². The summed E-state index contributed by atoms with van der Waals surface area (Å²) < 4.78 is 1.80. The first-order chi connectivity index (χ1) is 8.63. The van der Waals surface area contributed by atoms with E-state index < -0.39 is 0 Å². The summed E-state index contributed by atoms with van der Waals surface area (Å²) in [6.07, 6.45) is 7.69. The minimum atomic E-state index is 0.00283. The van der Waals surface area contributed by atoms with Gasteiger partial charge in [-0.05, 0) is 5.57 Å². The molecule has 0 aliphatic carbocycles. The van der Waals surface area contributed by atoms with Gasteiger partial charge in [0, 0.05) is 19.3 Å². The first-order valence-corrected chi connectivity index (χ1v) is 6.05. The van der Waals surface area contributed by atoms with Crippen LogP contribution in [0.4, 0.5) is 0 Å². The number of rotatable bonds is 4. The maximum Gasteiger partial charge on any atom is 0.434 e. The minimum Gasteiger partial charge on any atom is -0.236 e. The average Bonchev–Trinajstić information content (AvgIpc) is 2.83. The fourth-order valence-electron chi connectivity index (χ4n) is 2.22. The van der Waals surface area contributed by atoms with Gasteiger partial charge in [0.05, 0.1) is 0 Å². The molecule has 0 saturated heterocycles. The van der Waals surface area contributed by atoms with Gasteiger partial charge >= 0.3 is 5.91 Å². The van der Waals surface area contributed by atoms with Crippen molar-refractivity contribution in [1.82, 2.24) is 0 Å². The molecule has 2 aliphatic rings. The van der Waals surface area contributed by atoms with Crippen molar-refractivity contribution in [3.05, 3.63) is 49.2 Å². The van der Waals surface area contributed by atoms with Gasteiger partial charge in [0.2, 0.25) is 5.71 Å². The molecular weight excluding hydrogens is 224 g/mol. The summed E-state index contributed by atoms with van der Waals surface area (Å²) >= 11 is 0. The standard InChI is InChI=1S/C15H17N2O/c1-4-5-7-11(2)10-13-15(18)17-9-6-8-14(17)12(3)16-13/h4-5,7H,1-3,6,8-10H2/q+1/b7-5-. The Bertz CT molecular complexity index is 533. The van der Waals surface area contributed by atoms with Gasteiger partial charge in [-0.2, -0.15) is 4.58 Å². The molecule has 0 bridgehead atoms. The third-order valence-corrected chi connectivity index (χ3v) is 3.08. The number of carbonyl (C=O) groups excluding carboxylic acids is 1. The van der Waals surface area contributed by atoms with Crippen LogP contribution in [0.15, 0.2) is 54.2 Å². The molecule has 0 unspecified atom stereocenters. The Kier molecular flexibility index (Phi) is 3.51. The van der Waals surface area contributed by atoms with Crippen molar-refractivity contribution in [3.63, 3.8) is 0 Å². The minimum absolute atomic E-state index is 0.00283. The van der Waals surface area contributed by atoms with Gasteiger partial charge in [-0.15, -0.1) is 0 Å². The van der Waals surface area contributed by atoms with Crippen LogP contribution < -0.4 is 0 Å². The molecule has 2 heterocycles. The molecule has 0 aromatic carbocycles. The van der Waals surface area contributed by atoms with Gasteiger partial charge in [0.1, 0.15) is 5.70 Å². The summed E-state index contributed by atoms with van der Waals surface area (Å²) in [4.78, 5) is 16.5. The van der Waals surface area contributed by atoms with Crippen molar-refractivity contribution in [2.45, 2.75) is 19.3 Å². The molecule has 0 N–H and O–H groups in total. The summed E-state index contributed by atoms with van der Waals surface area (Å²) in [5.74, 6) is 0.00283. The summed E-state index contributed by atoms with van der Waals surface area (Å²) in [6.45, 7) is 12.2. The van der Waals surface area contributed by atoms with Crippen molar-refractivity contribution in [3.8, 4) is 0 Å². The van der Waals surface area contributed by atoms with E-state index >= 15 is 0 Å². The Morgan fingerprint density at radius 2 is 2.28 bits per heavy atom. The molecule has 3 nitrogen and oxygen atoms in total. The lowest BCUT2D eigenvalue weighted by Crippen LogP contribution is -2.34. The first kappa shape index (κ1) is 12.4. The first-order valence-electron chi connectivity index (χ1n) is 6.05. The lowest BCUT2D eigenvalue weighted by atomic mass is 10.1. The van der Waals surface area contributed by atoms with Gasteiger partial charge in [-0.3, -0.25) is 0 Å². The Morgan fingerprint density at radius 1 is 1.50 bits per heavy atom. The highest BCUT2D eigenvalue weighted by molar-refractivity contribution is 6.39. The van der Waals surface area contributed by atoms with E-state index in [4.69, 9.17) is 0 Å². The second-order valence-corrected chi connectivity index (χ2v) is 4.44. The molecule has 92 valence electrons. The highest BCUT2D eigenvalue weighted by atomic mass is 16.2. The summed E-state index contributed by atoms with van der Waals surface area (Å²) in [6, 6.07) is 0. The third kappa shape index (κ3) is 2.30. The molecule has 2 aliphatic heterocycles. The molecule has 0 fully saturated rings. The average molecular weight is 241 g/mol. The highest BCUT2D eigenvalue weighted by Gasteiger charge is 2.37. The van der Waals surface area contributed by atoms with Crippen LogP contribution in [0.25, 0.3) is 0 Å². The third-order valence-electron chi connectivity index (χ3n) is 3.08. The molecule has 18 heavy (non-hydrogen) atoms. The van der Waals surface area contributed by atoms with Crippen LogP contribution in [-0.2, 0) is 4.79 Å². The second-order valence-electron chi connectivity index (χ2n) is 4.44. The highest BCUT2D eigenvalue weighted by Crippen LogP contribution is 2.19. The largest absolute Gasteiger partial charge is 0.434 e. The molecule has 1 amide bonds. The molecule has 0 aromatic rings. The maximum absolute atomic E-state index is 12.2. The second kappa shape index (κ2) is 5.08. The number of hydrogen-bond acceptors (Lipinski definition) is 2. The zero-order valence-electron chi connectivity index (χ0n) is 10.5. The van der Waals surface area contributed by atoms with Gasteiger partial charge in [-0.25, -0.2) is 9.79 Å².